The summed E-state index contributed by atoms with van der Waals surface area (Å²) in [6.45, 7) is 6.39. The summed E-state index contributed by atoms with van der Waals surface area (Å²) >= 11 is 3.45. The maximum atomic E-state index is 6.40. The molecule has 0 spiro atoms. The van der Waals surface area contributed by atoms with E-state index in [2.05, 4.69) is 61.0 Å². The highest BCUT2D eigenvalue weighted by Crippen LogP contribution is 2.27. The quantitative estimate of drug-likeness (QED) is 0.873. The first-order valence-corrected chi connectivity index (χ1v) is 6.87. The van der Waals surface area contributed by atoms with E-state index in [0.29, 0.717) is 0 Å². The first kappa shape index (κ1) is 13.3. The number of halogens is 1. The summed E-state index contributed by atoms with van der Waals surface area (Å²) < 4.78 is 1.08. The highest BCUT2D eigenvalue weighted by atomic mass is 79.9. The van der Waals surface area contributed by atoms with Crippen molar-refractivity contribution in [2.24, 2.45) is 5.73 Å². The van der Waals surface area contributed by atoms with E-state index >= 15 is 0 Å². The van der Waals surface area contributed by atoms with E-state index in [4.69, 9.17) is 5.73 Å². The molecule has 0 aliphatic heterocycles. The lowest BCUT2D eigenvalue weighted by Crippen LogP contribution is -2.15. The fraction of sp³-hybridized carbons (Fsp3) is 0.250. The predicted molar refractivity (Wildman–Crippen MR) is 80.8 cm³/mol. The Morgan fingerprint density at radius 1 is 0.944 bits per heavy atom. The van der Waals surface area contributed by atoms with Crippen LogP contribution in [0.1, 0.15) is 33.9 Å². The molecule has 94 valence electrons. The van der Waals surface area contributed by atoms with Gasteiger partial charge in [0.1, 0.15) is 0 Å². The van der Waals surface area contributed by atoms with Gasteiger partial charge in [0, 0.05) is 4.47 Å². The van der Waals surface area contributed by atoms with Gasteiger partial charge >= 0.3 is 0 Å². The Bertz CT molecular complexity index is 535. The SMILES string of the molecule is Cc1cc(C)c(C(N)c2ccc(Br)cc2)c(C)c1. The Labute approximate surface area is 117 Å². The molecular formula is C16H18BrN. The summed E-state index contributed by atoms with van der Waals surface area (Å²) in [5, 5.41) is 0. The summed E-state index contributed by atoms with van der Waals surface area (Å²) in [4.78, 5) is 0. The molecule has 2 aromatic carbocycles. The van der Waals surface area contributed by atoms with Gasteiger partial charge in [-0.1, -0.05) is 45.8 Å². The number of aryl methyl sites for hydroxylation is 3. The maximum Gasteiger partial charge on any atom is 0.0556 e. The van der Waals surface area contributed by atoms with Gasteiger partial charge in [0.25, 0.3) is 0 Å². The molecule has 0 aliphatic rings. The lowest BCUT2D eigenvalue weighted by molar-refractivity contribution is 0.850. The summed E-state index contributed by atoms with van der Waals surface area (Å²) in [5.74, 6) is 0. The zero-order valence-electron chi connectivity index (χ0n) is 11.0. The fourth-order valence-corrected chi connectivity index (χ4v) is 2.78. The van der Waals surface area contributed by atoms with E-state index in [1.165, 1.54) is 22.3 Å². The topological polar surface area (TPSA) is 26.0 Å². The third kappa shape index (κ3) is 2.65. The molecule has 0 saturated carbocycles. The van der Waals surface area contributed by atoms with Crippen LogP contribution in [-0.2, 0) is 0 Å². The maximum absolute atomic E-state index is 6.40. The van der Waals surface area contributed by atoms with Crippen LogP contribution in [0.15, 0.2) is 40.9 Å². The minimum atomic E-state index is -0.0568. The molecule has 0 amide bonds. The summed E-state index contributed by atoms with van der Waals surface area (Å²) in [6.07, 6.45) is 0. The molecule has 2 rings (SSSR count). The molecule has 0 aromatic heterocycles. The van der Waals surface area contributed by atoms with Crippen LogP contribution >= 0.6 is 15.9 Å². The monoisotopic (exact) mass is 303 g/mol. The van der Waals surface area contributed by atoms with E-state index in [1.54, 1.807) is 0 Å². The molecule has 0 radical (unpaired) electrons. The van der Waals surface area contributed by atoms with Crippen molar-refractivity contribution in [1.29, 1.82) is 0 Å². The summed E-state index contributed by atoms with van der Waals surface area (Å²) in [5.41, 5.74) is 12.6. The Hall–Kier alpha value is -1.12. The molecule has 0 fully saturated rings. The minimum absolute atomic E-state index is 0.0568. The number of rotatable bonds is 2. The number of hydrogen-bond acceptors (Lipinski definition) is 1. The first-order valence-electron chi connectivity index (χ1n) is 6.08. The molecule has 2 N–H and O–H groups in total. The van der Waals surface area contributed by atoms with Gasteiger partial charge in [-0.25, -0.2) is 0 Å². The van der Waals surface area contributed by atoms with Gasteiger partial charge in [-0.2, -0.15) is 0 Å². The van der Waals surface area contributed by atoms with E-state index < -0.39 is 0 Å². The van der Waals surface area contributed by atoms with Gasteiger partial charge in [0.2, 0.25) is 0 Å². The molecule has 2 heteroatoms. The smallest absolute Gasteiger partial charge is 0.0556 e. The van der Waals surface area contributed by atoms with Crippen molar-refractivity contribution in [2.45, 2.75) is 26.8 Å². The van der Waals surface area contributed by atoms with Crippen molar-refractivity contribution in [3.63, 3.8) is 0 Å². The third-order valence-electron chi connectivity index (χ3n) is 3.28. The van der Waals surface area contributed by atoms with Gasteiger partial charge in [-0.05, 0) is 55.2 Å². The van der Waals surface area contributed by atoms with Crippen molar-refractivity contribution >= 4 is 15.9 Å². The standard InChI is InChI=1S/C16H18BrN/c1-10-8-11(2)15(12(3)9-10)16(18)13-4-6-14(17)7-5-13/h4-9,16H,18H2,1-3H3. The normalized spacial score (nSPS) is 12.5. The molecule has 0 saturated heterocycles. The molecule has 2 aromatic rings. The van der Waals surface area contributed by atoms with Crippen molar-refractivity contribution in [3.8, 4) is 0 Å². The van der Waals surface area contributed by atoms with E-state index in [-0.39, 0.29) is 6.04 Å². The van der Waals surface area contributed by atoms with Crippen molar-refractivity contribution in [1.82, 2.24) is 0 Å². The predicted octanol–water partition coefficient (Wildman–Crippen LogP) is 4.42. The van der Waals surface area contributed by atoms with Crippen LogP contribution in [0.5, 0.6) is 0 Å². The van der Waals surface area contributed by atoms with Gasteiger partial charge in [0.15, 0.2) is 0 Å². The van der Waals surface area contributed by atoms with Crippen molar-refractivity contribution in [2.75, 3.05) is 0 Å². The molecule has 1 nitrogen and oxygen atoms in total. The van der Waals surface area contributed by atoms with Crippen LogP contribution in [0, 0.1) is 20.8 Å². The third-order valence-corrected chi connectivity index (χ3v) is 3.81. The van der Waals surface area contributed by atoms with Crippen LogP contribution in [0.4, 0.5) is 0 Å². The second-order valence-corrected chi connectivity index (χ2v) is 5.76. The average molecular weight is 304 g/mol. The average Bonchev–Trinajstić information content (AvgIpc) is 2.28. The van der Waals surface area contributed by atoms with Gasteiger partial charge in [-0.15, -0.1) is 0 Å². The van der Waals surface area contributed by atoms with Gasteiger partial charge in [-0.3, -0.25) is 0 Å². The highest BCUT2D eigenvalue weighted by molar-refractivity contribution is 9.10. The van der Waals surface area contributed by atoms with Crippen LogP contribution in [0.25, 0.3) is 0 Å². The number of hydrogen-bond donors (Lipinski definition) is 1. The lowest BCUT2D eigenvalue weighted by Gasteiger charge is -2.19. The number of nitrogens with two attached hydrogens (primary N) is 1. The van der Waals surface area contributed by atoms with Crippen LogP contribution < -0.4 is 5.73 Å². The number of benzene rings is 2. The molecule has 18 heavy (non-hydrogen) atoms. The van der Waals surface area contributed by atoms with E-state index in [1.807, 2.05) is 12.1 Å². The summed E-state index contributed by atoms with van der Waals surface area (Å²) in [7, 11) is 0. The Morgan fingerprint density at radius 2 is 1.44 bits per heavy atom. The molecular weight excluding hydrogens is 286 g/mol. The molecule has 0 bridgehead atoms. The Morgan fingerprint density at radius 3 is 1.94 bits per heavy atom. The van der Waals surface area contributed by atoms with Crippen molar-refractivity contribution < 1.29 is 0 Å². The Balaban J connectivity index is 2.46. The fourth-order valence-electron chi connectivity index (χ4n) is 2.52. The molecule has 1 unspecified atom stereocenters. The zero-order valence-corrected chi connectivity index (χ0v) is 12.6. The first-order chi connectivity index (χ1) is 8.49. The second kappa shape index (κ2) is 5.25. The molecule has 1 atom stereocenters. The summed E-state index contributed by atoms with van der Waals surface area (Å²) in [6, 6.07) is 12.6. The van der Waals surface area contributed by atoms with Crippen molar-refractivity contribution in [3.05, 3.63) is 68.7 Å². The van der Waals surface area contributed by atoms with Crippen LogP contribution in [0.2, 0.25) is 0 Å². The van der Waals surface area contributed by atoms with Gasteiger partial charge in [0.05, 0.1) is 6.04 Å². The molecule has 0 heterocycles. The zero-order chi connectivity index (χ0) is 13.3. The molecule has 0 aliphatic carbocycles. The minimum Gasteiger partial charge on any atom is -0.320 e. The highest BCUT2D eigenvalue weighted by Gasteiger charge is 2.14. The lowest BCUT2D eigenvalue weighted by atomic mass is 9.91. The Kier molecular flexibility index (Phi) is 3.88. The second-order valence-electron chi connectivity index (χ2n) is 4.84. The van der Waals surface area contributed by atoms with Crippen LogP contribution in [0.3, 0.4) is 0 Å². The van der Waals surface area contributed by atoms with E-state index in [9.17, 15) is 0 Å². The van der Waals surface area contributed by atoms with E-state index in [0.717, 1.165) is 10.0 Å². The van der Waals surface area contributed by atoms with Gasteiger partial charge < -0.3 is 5.73 Å². The van der Waals surface area contributed by atoms with Crippen LogP contribution in [-0.4, -0.2) is 0 Å². The largest absolute Gasteiger partial charge is 0.320 e.